The molecule has 1 saturated carbocycles. The number of rotatable bonds is 8. The van der Waals surface area contributed by atoms with Gasteiger partial charge in [-0.3, -0.25) is 0 Å². The summed E-state index contributed by atoms with van der Waals surface area (Å²) in [6.45, 7) is 3.78. The maximum absolute atomic E-state index is 12.6. The molecule has 0 spiro atoms. The van der Waals surface area contributed by atoms with E-state index in [-0.39, 0.29) is 12.3 Å². The van der Waals surface area contributed by atoms with E-state index in [4.69, 9.17) is 4.74 Å². The maximum atomic E-state index is 12.6. The van der Waals surface area contributed by atoms with E-state index in [1.165, 1.54) is 0 Å². The second-order valence-electron chi connectivity index (χ2n) is 5.22. The van der Waals surface area contributed by atoms with Gasteiger partial charge in [-0.1, -0.05) is 6.42 Å². The molecule has 0 aromatic heterocycles. The summed E-state index contributed by atoms with van der Waals surface area (Å²) in [5.41, 5.74) is 0. The third kappa shape index (κ3) is 7.13. The molecule has 6 heteroatoms. The average Bonchev–Trinajstić information content (AvgIpc) is 2.37. The minimum absolute atomic E-state index is 0.166. The van der Waals surface area contributed by atoms with Gasteiger partial charge in [-0.15, -0.1) is 0 Å². The number of alkyl halides is 3. The van der Waals surface area contributed by atoms with Gasteiger partial charge < -0.3 is 15.4 Å². The summed E-state index contributed by atoms with van der Waals surface area (Å²) >= 11 is 0. The van der Waals surface area contributed by atoms with Crippen LogP contribution in [0.5, 0.6) is 0 Å². The Bertz CT molecular complexity index is 236. The van der Waals surface area contributed by atoms with Crippen molar-refractivity contribution < 1.29 is 17.9 Å². The van der Waals surface area contributed by atoms with Crippen LogP contribution in [-0.4, -0.2) is 46.1 Å². The number of hydrogen-bond acceptors (Lipinski definition) is 3. The van der Waals surface area contributed by atoms with Crippen LogP contribution in [0.2, 0.25) is 0 Å². The van der Waals surface area contributed by atoms with Crippen LogP contribution in [0.25, 0.3) is 0 Å². The molecule has 1 rings (SSSR count). The molecule has 1 aliphatic rings. The molecule has 114 valence electrons. The van der Waals surface area contributed by atoms with E-state index in [1.807, 2.05) is 0 Å². The summed E-state index contributed by atoms with van der Waals surface area (Å²) in [5, 5.41) is 6.42. The highest BCUT2D eigenvalue weighted by Gasteiger charge is 2.41. The van der Waals surface area contributed by atoms with Crippen molar-refractivity contribution in [3.8, 4) is 0 Å². The average molecular weight is 282 g/mol. The monoisotopic (exact) mass is 282 g/mol. The van der Waals surface area contributed by atoms with Gasteiger partial charge in [-0.2, -0.15) is 13.2 Å². The van der Waals surface area contributed by atoms with Gasteiger partial charge in [0, 0.05) is 26.7 Å². The predicted octanol–water partition coefficient (Wildman–Crippen LogP) is 2.18. The molecule has 0 aliphatic heterocycles. The summed E-state index contributed by atoms with van der Waals surface area (Å²) in [6.07, 6.45) is -1.81. The smallest absolute Gasteiger partial charge is 0.383 e. The highest BCUT2D eigenvalue weighted by molar-refractivity contribution is 4.79. The van der Waals surface area contributed by atoms with E-state index >= 15 is 0 Å². The molecule has 0 radical (unpaired) electrons. The largest absolute Gasteiger partial charge is 0.391 e. The molecule has 2 N–H and O–H groups in total. The first-order valence-electron chi connectivity index (χ1n) is 7.01. The molecule has 2 atom stereocenters. The van der Waals surface area contributed by atoms with E-state index < -0.39 is 12.1 Å². The van der Waals surface area contributed by atoms with E-state index in [0.717, 1.165) is 26.1 Å². The van der Waals surface area contributed by atoms with Crippen molar-refractivity contribution in [2.45, 2.75) is 31.9 Å². The van der Waals surface area contributed by atoms with Crippen molar-refractivity contribution >= 4 is 0 Å². The van der Waals surface area contributed by atoms with Gasteiger partial charge in [0.1, 0.15) is 0 Å². The lowest BCUT2D eigenvalue weighted by atomic mass is 9.81. The van der Waals surface area contributed by atoms with Crippen LogP contribution in [0, 0.1) is 11.8 Å². The van der Waals surface area contributed by atoms with Crippen molar-refractivity contribution in [1.82, 2.24) is 10.6 Å². The fraction of sp³-hybridized carbons (Fsp3) is 1.00. The number of methoxy groups -OCH3 is 1. The molecule has 0 bridgehead atoms. The van der Waals surface area contributed by atoms with Crippen molar-refractivity contribution in [1.29, 1.82) is 0 Å². The molecule has 1 fully saturated rings. The highest BCUT2D eigenvalue weighted by Crippen LogP contribution is 2.39. The molecule has 19 heavy (non-hydrogen) atoms. The zero-order valence-corrected chi connectivity index (χ0v) is 11.6. The van der Waals surface area contributed by atoms with Crippen LogP contribution < -0.4 is 10.6 Å². The topological polar surface area (TPSA) is 33.3 Å². The lowest BCUT2D eigenvalue weighted by Gasteiger charge is -2.30. The highest BCUT2D eigenvalue weighted by atomic mass is 19.4. The van der Waals surface area contributed by atoms with E-state index in [2.05, 4.69) is 10.6 Å². The van der Waals surface area contributed by atoms with Crippen LogP contribution in [0.4, 0.5) is 13.2 Å². The van der Waals surface area contributed by atoms with Gasteiger partial charge in [0.2, 0.25) is 0 Å². The summed E-state index contributed by atoms with van der Waals surface area (Å²) < 4.78 is 42.8. The quantitative estimate of drug-likeness (QED) is 0.670. The first-order chi connectivity index (χ1) is 9.04. The summed E-state index contributed by atoms with van der Waals surface area (Å²) in [7, 11) is 1.65. The molecule has 2 unspecified atom stereocenters. The number of nitrogens with one attached hydrogen (secondary N) is 2. The van der Waals surface area contributed by atoms with Crippen LogP contribution >= 0.6 is 0 Å². The second kappa shape index (κ2) is 8.76. The Morgan fingerprint density at radius 1 is 1.11 bits per heavy atom. The van der Waals surface area contributed by atoms with Gasteiger partial charge in [-0.05, 0) is 31.7 Å². The van der Waals surface area contributed by atoms with Crippen molar-refractivity contribution in [3.63, 3.8) is 0 Å². The Labute approximate surface area is 113 Å². The predicted molar refractivity (Wildman–Crippen MR) is 69.1 cm³/mol. The molecular formula is C13H25F3N2O. The first kappa shape index (κ1) is 16.7. The Morgan fingerprint density at radius 2 is 1.84 bits per heavy atom. The lowest BCUT2D eigenvalue weighted by Crippen LogP contribution is -2.36. The van der Waals surface area contributed by atoms with Crippen LogP contribution in [0.15, 0.2) is 0 Å². The molecule has 1 aliphatic carbocycles. The molecule has 3 nitrogen and oxygen atoms in total. The zero-order chi connectivity index (χ0) is 14.1. The van der Waals surface area contributed by atoms with E-state index in [0.29, 0.717) is 26.0 Å². The van der Waals surface area contributed by atoms with Gasteiger partial charge in [-0.25, -0.2) is 0 Å². The van der Waals surface area contributed by atoms with E-state index in [1.54, 1.807) is 7.11 Å². The molecule has 0 heterocycles. The third-order valence-corrected chi connectivity index (χ3v) is 3.64. The standard InChI is InChI=1S/C13H25F3N2O/c1-19-8-7-17-5-6-18-10-11-3-2-4-12(9-11)13(14,15)16/h11-12,17-18H,2-10H2,1H3. The van der Waals surface area contributed by atoms with Crippen molar-refractivity contribution in [3.05, 3.63) is 0 Å². The Kier molecular flexibility index (Phi) is 7.71. The Balaban J connectivity index is 2.06. The molecular weight excluding hydrogens is 257 g/mol. The van der Waals surface area contributed by atoms with Crippen LogP contribution in [0.1, 0.15) is 25.7 Å². The summed E-state index contributed by atoms with van der Waals surface area (Å²) in [6, 6.07) is 0. The summed E-state index contributed by atoms with van der Waals surface area (Å²) in [5.74, 6) is -0.924. The zero-order valence-electron chi connectivity index (χ0n) is 11.6. The van der Waals surface area contributed by atoms with Crippen LogP contribution in [0.3, 0.4) is 0 Å². The van der Waals surface area contributed by atoms with Crippen molar-refractivity contribution in [2.24, 2.45) is 11.8 Å². The summed E-state index contributed by atoms with van der Waals surface area (Å²) in [4.78, 5) is 0. The SMILES string of the molecule is COCCNCCNCC1CCCC(C(F)(F)F)C1. The fourth-order valence-corrected chi connectivity index (χ4v) is 2.56. The second-order valence-corrected chi connectivity index (χ2v) is 5.22. The normalized spacial score (nSPS) is 24.6. The Morgan fingerprint density at radius 3 is 2.53 bits per heavy atom. The van der Waals surface area contributed by atoms with Crippen LogP contribution in [-0.2, 0) is 4.74 Å². The van der Waals surface area contributed by atoms with Gasteiger partial charge >= 0.3 is 6.18 Å². The van der Waals surface area contributed by atoms with Gasteiger partial charge in [0.25, 0.3) is 0 Å². The lowest BCUT2D eigenvalue weighted by molar-refractivity contribution is -0.185. The Hall–Kier alpha value is -0.330. The van der Waals surface area contributed by atoms with Gasteiger partial charge in [0.15, 0.2) is 0 Å². The minimum Gasteiger partial charge on any atom is -0.383 e. The number of hydrogen-bond donors (Lipinski definition) is 2. The molecule has 0 aromatic rings. The first-order valence-corrected chi connectivity index (χ1v) is 7.01. The maximum Gasteiger partial charge on any atom is 0.391 e. The number of halogens is 3. The molecule has 0 aromatic carbocycles. The minimum atomic E-state index is -4.01. The fourth-order valence-electron chi connectivity index (χ4n) is 2.56. The molecule has 0 saturated heterocycles. The number of ether oxygens (including phenoxy) is 1. The van der Waals surface area contributed by atoms with E-state index in [9.17, 15) is 13.2 Å². The van der Waals surface area contributed by atoms with Crippen molar-refractivity contribution in [2.75, 3.05) is 39.9 Å². The molecule has 0 amide bonds. The van der Waals surface area contributed by atoms with Gasteiger partial charge in [0.05, 0.1) is 12.5 Å². The third-order valence-electron chi connectivity index (χ3n) is 3.64.